The van der Waals surface area contributed by atoms with Gasteiger partial charge in [-0.25, -0.2) is 0 Å². The maximum absolute atomic E-state index is 5.36. The molecule has 0 aliphatic carbocycles. The first-order valence-electron chi connectivity index (χ1n) is 8.14. The molecule has 2 aromatic carbocycles. The van der Waals surface area contributed by atoms with Crippen molar-refractivity contribution in [1.82, 2.24) is 15.2 Å². The summed E-state index contributed by atoms with van der Waals surface area (Å²) < 4.78 is 5.36. The van der Waals surface area contributed by atoms with Crippen molar-refractivity contribution in [3.8, 4) is 5.75 Å². The van der Waals surface area contributed by atoms with Gasteiger partial charge in [-0.1, -0.05) is 36.4 Å². The van der Waals surface area contributed by atoms with Gasteiger partial charge in [0, 0.05) is 6.54 Å². The van der Waals surface area contributed by atoms with Gasteiger partial charge >= 0.3 is 0 Å². The number of nitrogens with one attached hydrogen (secondary N) is 2. The van der Waals surface area contributed by atoms with Crippen molar-refractivity contribution in [3.63, 3.8) is 0 Å². The summed E-state index contributed by atoms with van der Waals surface area (Å²) in [5, 5.41) is 14.5. The van der Waals surface area contributed by atoms with Crippen LogP contribution in [0.25, 0.3) is 0 Å². The lowest BCUT2D eigenvalue weighted by atomic mass is 10.1. The first kappa shape index (κ1) is 16.7. The van der Waals surface area contributed by atoms with Crippen LogP contribution >= 0.6 is 0 Å². The van der Waals surface area contributed by atoms with Gasteiger partial charge in [-0.3, -0.25) is 0 Å². The molecule has 6 nitrogen and oxygen atoms in total. The predicted octanol–water partition coefficient (Wildman–Crippen LogP) is 3.59. The average Bonchev–Trinajstić information content (AvgIpc) is 2.63. The number of hydrogen-bond donors (Lipinski definition) is 2. The molecule has 0 amide bonds. The van der Waals surface area contributed by atoms with Crippen LogP contribution in [0.3, 0.4) is 0 Å². The van der Waals surface area contributed by atoms with Gasteiger partial charge in [0.15, 0.2) is 5.82 Å². The summed E-state index contributed by atoms with van der Waals surface area (Å²) in [7, 11) is 1.64. The van der Waals surface area contributed by atoms with Gasteiger partial charge in [-0.2, -0.15) is 10.1 Å². The molecule has 0 bridgehead atoms. The smallest absolute Gasteiger partial charge is 0.249 e. The number of methoxy groups -OCH3 is 1. The fraction of sp³-hybridized carbons (Fsp3) is 0.211. The van der Waals surface area contributed by atoms with Crippen LogP contribution in [0.5, 0.6) is 5.75 Å². The van der Waals surface area contributed by atoms with E-state index in [1.165, 1.54) is 5.56 Å². The summed E-state index contributed by atoms with van der Waals surface area (Å²) in [5.74, 6) is 1.84. The standard InChI is InChI=1S/C19H21N5O/c1-14-8-9-17(25-2)16(12-14)22-19-23-18(13-21-24-19)20-11-10-15-6-4-3-5-7-15/h3-9,12-13H,10-11H2,1-2H3,(H2,20,22,23,24). The topological polar surface area (TPSA) is 72.0 Å². The first-order valence-corrected chi connectivity index (χ1v) is 8.14. The van der Waals surface area contributed by atoms with E-state index in [4.69, 9.17) is 4.74 Å². The van der Waals surface area contributed by atoms with Gasteiger partial charge in [-0.05, 0) is 36.6 Å². The number of anilines is 3. The molecule has 25 heavy (non-hydrogen) atoms. The summed E-state index contributed by atoms with van der Waals surface area (Å²) in [6.07, 6.45) is 2.53. The Morgan fingerprint density at radius 1 is 1.08 bits per heavy atom. The Morgan fingerprint density at radius 3 is 2.72 bits per heavy atom. The fourth-order valence-corrected chi connectivity index (χ4v) is 2.46. The van der Waals surface area contributed by atoms with Crippen molar-refractivity contribution in [2.45, 2.75) is 13.3 Å². The molecule has 1 heterocycles. The minimum Gasteiger partial charge on any atom is -0.495 e. The highest BCUT2D eigenvalue weighted by Crippen LogP contribution is 2.27. The lowest BCUT2D eigenvalue weighted by Crippen LogP contribution is -2.09. The van der Waals surface area contributed by atoms with Gasteiger partial charge < -0.3 is 15.4 Å². The molecule has 128 valence electrons. The molecule has 0 saturated carbocycles. The second-order valence-corrected chi connectivity index (χ2v) is 5.66. The zero-order valence-electron chi connectivity index (χ0n) is 14.4. The van der Waals surface area contributed by atoms with E-state index in [0.717, 1.165) is 30.0 Å². The van der Waals surface area contributed by atoms with Crippen molar-refractivity contribution in [3.05, 3.63) is 65.9 Å². The number of benzene rings is 2. The van der Waals surface area contributed by atoms with Gasteiger partial charge in [-0.15, -0.1) is 5.10 Å². The maximum atomic E-state index is 5.36. The van der Waals surface area contributed by atoms with E-state index < -0.39 is 0 Å². The molecule has 0 saturated heterocycles. The van der Waals surface area contributed by atoms with Gasteiger partial charge in [0.05, 0.1) is 19.0 Å². The third-order valence-electron chi connectivity index (χ3n) is 3.72. The molecule has 3 rings (SSSR count). The molecular weight excluding hydrogens is 314 g/mol. The summed E-state index contributed by atoms with van der Waals surface area (Å²) >= 11 is 0. The molecule has 0 aliphatic rings. The third-order valence-corrected chi connectivity index (χ3v) is 3.72. The Hall–Kier alpha value is -3.15. The van der Waals surface area contributed by atoms with Crippen LogP contribution in [0.4, 0.5) is 17.5 Å². The summed E-state index contributed by atoms with van der Waals surface area (Å²) in [6.45, 7) is 2.79. The number of nitrogens with zero attached hydrogens (tertiary/aromatic N) is 3. The minimum absolute atomic E-state index is 0.425. The van der Waals surface area contributed by atoms with Gasteiger partial charge in [0.1, 0.15) is 5.75 Å². The molecular formula is C19H21N5O. The zero-order valence-corrected chi connectivity index (χ0v) is 14.4. The Kier molecular flexibility index (Phi) is 5.41. The van der Waals surface area contributed by atoms with Crippen LogP contribution in [0.1, 0.15) is 11.1 Å². The Balaban J connectivity index is 1.64. The predicted molar refractivity (Wildman–Crippen MR) is 99.5 cm³/mol. The monoisotopic (exact) mass is 335 g/mol. The van der Waals surface area contributed by atoms with Crippen LogP contribution in [-0.4, -0.2) is 28.8 Å². The number of ether oxygens (including phenoxy) is 1. The Morgan fingerprint density at radius 2 is 1.92 bits per heavy atom. The highest BCUT2D eigenvalue weighted by atomic mass is 16.5. The average molecular weight is 335 g/mol. The molecule has 0 atom stereocenters. The van der Waals surface area contributed by atoms with Crippen molar-refractivity contribution in [1.29, 1.82) is 0 Å². The number of rotatable bonds is 7. The molecule has 0 aliphatic heterocycles. The van der Waals surface area contributed by atoms with E-state index >= 15 is 0 Å². The van der Waals surface area contributed by atoms with Crippen molar-refractivity contribution < 1.29 is 4.74 Å². The van der Waals surface area contributed by atoms with Crippen LogP contribution in [0, 0.1) is 6.92 Å². The quantitative estimate of drug-likeness (QED) is 0.687. The molecule has 0 radical (unpaired) electrons. The van der Waals surface area contributed by atoms with Crippen molar-refractivity contribution >= 4 is 17.5 Å². The van der Waals surface area contributed by atoms with Crippen LogP contribution < -0.4 is 15.4 Å². The van der Waals surface area contributed by atoms with E-state index in [2.05, 4.69) is 37.9 Å². The molecule has 0 fully saturated rings. The molecule has 3 aromatic rings. The SMILES string of the molecule is COc1ccc(C)cc1Nc1nncc(NCCc2ccccc2)n1. The van der Waals surface area contributed by atoms with Crippen molar-refractivity contribution in [2.24, 2.45) is 0 Å². The number of aromatic nitrogens is 3. The zero-order chi connectivity index (χ0) is 17.5. The van der Waals surface area contributed by atoms with Crippen LogP contribution in [0.2, 0.25) is 0 Å². The van der Waals surface area contributed by atoms with Gasteiger partial charge in [0.25, 0.3) is 0 Å². The highest BCUT2D eigenvalue weighted by molar-refractivity contribution is 5.63. The number of hydrogen-bond acceptors (Lipinski definition) is 6. The van der Waals surface area contributed by atoms with Crippen LogP contribution in [0.15, 0.2) is 54.7 Å². The number of aryl methyl sites for hydroxylation is 1. The fourth-order valence-electron chi connectivity index (χ4n) is 2.46. The normalized spacial score (nSPS) is 10.3. The lowest BCUT2D eigenvalue weighted by molar-refractivity contribution is 0.416. The Labute approximate surface area is 147 Å². The summed E-state index contributed by atoms with van der Waals surface area (Å²) in [6, 6.07) is 16.2. The van der Waals surface area contributed by atoms with E-state index in [-0.39, 0.29) is 0 Å². The van der Waals surface area contributed by atoms with Crippen LogP contribution in [-0.2, 0) is 6.42 Å². The minimum atomic E-state index is 0.425. The van der Waals surface area contributed by atoms with E-state index in [1.54, 1.807) is 13.3 Å². The summed E-state index contributed by atoms with van der Waals surface area (Å²) in [4.78, 5) is 4.45. The molecule has 1 aromatic heterocycles. The van der Waals surface area contributed by atoms with Gasteiger partial charge in [0.2, 0.25) is 5.95 Å². The Bertz CT molecular complexity index is 823. The molecule has 2 N–H and O–H groups in total. The van der Waals surface area contributed by atoms with Crippen molar-refractivity contribution in [2.75, 3.05) is 24.3 Å². The largest absolute Gasteiger partial charge is 0.495 e. The van der Waals surface area contributed by atoms with E-state index in [9.17, 15) is 0 Å². The third kappa shape index (κ3) is 4.67. The first-order chi connectivity index (χ1) is 12.2. The lowest BCUT2D eigenvalue weighted by Gasteiger charge is -2.11. The highest BCUT2D eigenvalue weighted by Gasteiger charge is 2.06. The molecule has 0 unspecified atom stereocenters. The van der Waals surface area contributed by atoms with E-state index in [0.29, 0.717) is 11.8 Å². The molecule has 6 heteroatoms. The summed E-state index contributed by atoms with van der Waals surface area (Å²) in [5.41, 5.74) is 3.21. The van der Waals surface area contributed by atoms with E-state index in [1.807, 2.05) is 43.3 Å². The maximum Gasteiger partial charge on any atom is 0.249 e. The second-order valence-electron chi connectivity index (χ2n) is 5.66. The molecule has 0 spiro atoms. The second kappa shape index (κ2) is 8.10.